The van der Waals surface area contributed by atoms with Crippen molar-refractivity contribution < 1.29 is 9.47 Å². The second-order valence-corrected chi connectivity index (χ2v) is 5.86. The van der Waals surface area contributed by atoms with Gasteiger partial charge >= 0.3 is 0 Å². The molecular weight excluding hydrogens is 264 g/mol. The normalized spacial score (nSPS) is 21.3. The molecule has 5 nitrogen and oxygen atoms in total. The number of aromatic amines is 1. The lowest BCUT2D eigenvalue weighted by molar-refractivity contribution is -0.118. The van der Waals surface area contributed by atoms with Crippen LogP contribution in [0.2, 0.25) is 0 Å². The van der Waals surface area contributed by atoms with Gasteiger partial charge in [0.25, 0.3) is 5.56 Å². The van der Waals surface area contributed by atoms with E-state index in [1.54, 1.807) is 11.8 Å². The summed E-state index contributed by atoms with van der Waals surface area (Å²) in [5.41, 5.74) is 1.27. The first-order valence-corrected chi connectivity index (χ1v) is 7.82. The molecule has 3 rings (SSSR count). The molecule has 6 heteroatoms. The lowest BCUT2D eigenvalue weighted by Gasteiger charge is -2.35. The Labute approximate surface area is 116 Å². The molecule has 0 amide bonds. The molecule has 0 unspecified atom stereocenters. The summed E-state index contributed by atoms with van der Waals surface area (Å²) >= 11 is 1.74. The monoisotopic (exact) mass is 282 g/mol. The third-order valence-corrected chi connectivity index (χ3v) is 4.71. The molecule has 1 N–H and O–H groups in total. The summed E-state index contributed by atoms with van der Waals surface area (Å²) < 4.78 is 11.4. The maximum absolute atomic E-state index is 12.1. The lowest BCUT2D eigenvalue weighted by atomic mass is 9.92. The number of nitrogens with one attached hydrogen (secondary N) is 1. The van der Waals surface area contributed by atoms with Gasteiger partial charge in [-0.05, 0) is 6.92 Å². The van der Waals surface area contributed by atoms with Crippen molar-refractivity contribution in [3.63, 3.8) is 0 Å². The predicted octanol–water partition coefficient (Wildman–Crippen LogP) is 1.56. The SMILES string of the molecule is CCOC1(c2nc3c(c(=O)[nH]2)CSC3)CCOCC1. The van der Waals surface area contributed by atoms with E-state index in [1.807, 2.05) is 6.92 Å². The summed E-state index contributed by atoms with van der Waals surface area (Å²) in [6, 6.07) is 0. The largest absolute Gasteiger partial charge is 0.381 e. The molecule has 0 atom stereocenters. The summed E-state index contributed by atoms with van der Waals surface area (Å²) in [7, 11) is 0. The Morgan fingerprint density at radius 1 is 1.42 bits per heavy atom. The van der Waals surface area contributed by atoms with Crippen LogP contribution < -0.4 is 5.56 Å². The molecule has 104 valence electrons. The highest BCUT2D eigenvalue weighted by Gasteiger charge is 2.38. The van der Waals surface area contributed by atoms with Crippen LogP contribution in [0.15, 0.2) is 4.79 Å². The fraction of sp³-hybridized carbons (Fsp3) is 0.692. The smallest absolute Gasteiger partial charge is 0.255 e. The van der Waals surface area contributed by atoms with Crippen LogP contribution >= 0.6 is 11.8 Å². The molecular formula is C13H18N2O3S. The van der Waals surface area contributed by atoms with Crippen molar-refractivity contribution in [3.8, 4) is 0 Å². The second-order valence-electron chi connectivity index (χ2n) is 4.87. The van der Waals surface area contributed by atoms with E-state index in [1.165, 1.54) is 0 Å². The van der Waals surface area contributed by atoms with Gasteiger partial charge in [0, 0.05) is 49.7 Å². The molecule has 0 bridgehead atoms. The molecule has 3 heterocycles. The molecule has 19 heavy (non-hydrogen) atoms. The van der Waals surface area contributed by atoms with Crippen molar-refractivity contribution in [3.05, 3.63) is 27.4 Å². The molecule has 1 aromatic heterocycles. The zero-order valence-corrected chi connectivity index (χ0v) is 11.8. The highest BCUT2D eigenvalue weighted by atomic mass is 32.2. The van der Waals surface area contributed by atoms with E-state index >= 15 is 0 Å². The van der Waals surface area contributed by atoms with Crippen LogP contribution in [0.5, 0.6) is 0 Å². The maximum atomic E-state index is 12.1. The molecule has 1 aromatic rings. The van der Waals surface area contributed by atoms with E-state index < -0.39 is 5.60 Å². The minimum atomic E-state index is -0.478. The van der Waals surface area contributed by atoms with E-state index in [2.05, 4.69) is 9.97 Å². The van der Waals surface area contributed by atoms with Crippen molar-refractivity contribution in [2.45, 2.75) is 36.9 Å². The van der Waals surface area contributed by atoms with E-state index in [9.17, 15) is 4.79 Å². The van der Waals surface area contributed by atoms with Crippen LogP contribution in [0.4, 0.5) is 0 Å². The third-order valence-electron chi connectivity index (χ3n) is 3.74. The number of H-pyrrole nitrogens is 1. The van der Waals surface area contributed by atoms with Crippen molar-refractivity contribution in [1.82, 2.24) is 9.97 Å². The number of hydrogen-bond acceptors (Lipinski definition) is 5. The first-order chi connectivity index (χ1) is 9.25. The average molecular weight is 282 g/mol. The predicted molar refractivity (Wildman–Crippen MR) is 73.2 cm³/mol. The average Bonchev–Trinajstić information content (AvgIpc) is 2.89. The maximum Gasteiger partial charge on any atom is 0.255 e. The van der Waals surface area contributed by atoms with Crippen molar-refractivity contribution >= 4 is 11.8 Å². The molecule has 0 aromatic carbocycles. The molecule has 1 fully saturated rings. The van der Waals surface area contributed by atoms with Crippen LogP contribution in [0, 0.1) is 0 Å². The molecule has 0 saturated carbocycles. The Morgan fingerprint density at radius 2 is 2.21 bits per heavy atom. The minimum Gasteiger partial charge on any atom is -0.381 e. The van der Waals surface area contributed by atoms with Crippen molar-refractivity contribution in [2.75, 3.05) is 19.8 Å². The third kappa shape index (κ3) is 2.32. The second kappa shape index (κ2) is 5.26. The fourth-order valence-electron chi connectivity index (χ4n) is 2.71. The van der Waals surface area contributed by atoms with Gasteiger partial charge in [0.2, 0.25) is 0 Å². The van der Waals surface area contributed by atoms with E-state index in [-0.39, 0.29) is 5.56 Å². The van der Waals surface area contributed by atoms with Gasteiger partial charge in [0.05, 0.1) is 5.69 Å². The van der Waals surface area contributed by atoms with Crippen LogP contribution in [-0.2, 0) is 26.6 Å². The Hall–Kier alpha value is -0.850. The zero-order valence-electron chi connectivity index (χ0n) is 11.0. The zero-order chi connectivity index (χ0) is 13.3. The summed E-state index contributed by atoms with van der Waals surface area (Å²) in [5.74, 6) is 2.28. The Balaban J connectivity index is 2.03. The van der Waals surface area contributed by atoms with Crippen LogP contribution in [0.3, 0.4) is 0 Å². The number of fused-ring (bicyclic) bond motifs is 1. The Kier molecular flexibility index (Phi) is 3.64. The van der Waals surface area contributed by atoms with Crippen LogP contribution in [0.1, 0.15) is 36.8 Å². The Morgan fingerprint density at radius 3 is 2.95 bits per heavy atom. The highest BCUT2D eigenvalue weighted by molar-refractivity contribution is 7.98. The van der Waals surface area contributed by atoms with Gasteiger partial charge < -0.3 is 14.5 Å². The lowest BCUT2D eigenvalue weighted by Crippen LogP contribution is -2.40. The first-order valence-electron chi connectivity index (χ1n) is 6.67. The van der Waals surface area contributed by atoms with E-state index in [4.69, 9.17) is 9.47 Å². The summed E-state index contributed by atoms with van der Waals surface area (Å²) in [6.45, 7) is 3.87. The summed E-state index contributed by atoms with van der Waals surface area (Å²) in [4.78, 5) is 19.7. The highest BCUT2D eigenvalue weighted by Crippen LogP contribution is 2.35. The summed E-state index contributed by atoms with van der Waals surface area (Å²) in [5, 5.41) is 0. The molecule has 2 aliphatic heterocycles. The standard InChI is InChI=1S/C13H18N2O3S/c1-2-18-13(3-5-17-6-4-13)12-14-10-8-19-7-9(10)11(16)15-12/h2-8H2,1H3,(H,14,15,16). The van der Waals surface area contributed by atoms with E-state index in [0.29, 0.717) is 25.6 Å². The quantitative estimate of drug-likeness (QED) is 0.911. The molecule has 1 saturated heterocycles. The van der Waals surface area contributed by atoms with Gasteiger partial charge in [-0.25, -0.2) is 4.98 Å². The number of rotatable bonds is 3. The number of ether oxygens (including phenoxy) is 2. The molecule has 2 aliphatic rings. The molecule has 0 radical (unpaired) electrons. The minimum absolute atomic E-state index is 0.00410. The fourth-order valence-corrected chi connectivity index (χ4v) is 3.74. The topological polar surface area (TPSA) is 64.2 Å². The summed E-state index contributed by atoms with van der Waals surface area (Å²) in [6.07, 6.45) is 1.49. The van der Waals surface area contributed by atoms with Gasteiger partial charge in [0.15, 0.2) is 0 Å². The van der Waals surface area contributed by atoms with Crippen molar-refractivity contribution in [1.29, 1.82) is 0 Å². The van der Waals surface area contributed by atoms with E-state index in [0.717, 1.165) is 35.6 Å². The molecule has 0 spiro atoms. The van der Waals surface area contributed by atoms with Gasteiger partial charge in [-0.15, -0.1) is 0 Å². The number of aromatic nitrogens is 2. The van der Waals surface area contributed by atoms with Crippen LogP contribution in [0.25, 0.3) is 0 Å². The number of hydrogen-bond donors (Lipinski definition) is 1. The Bertz CT molecular complexity index is 518. The van der Waals surface area contributed by atoms with Gasteiger partial charge in [-0.3, -0.25) is 4.79 Å². The van der Waals surface area contributed by atoms with Crippen LogP contribution in [-0.4, -0.2) is 29.8 Å². The molecule has 0 aliphatic carbocycles. The van der Waals surface area contributed by atoms with Gasteiger partial charge in [-0.2, -0.15) is 11.8 Å². The first kappa shape index (κ1) is 13.1. The number of nitrogens with zero attached hydrogens (tertiary/aromatic N) is 1. The number of thioether (sulfide) groups is 1. The van der Waals surface area contributed by atoms with Gasteiger partial charge in [-0.1, -0.05) is 0 Å². The van der Waals surface area contributed by atoms with Gasteiger partial charge in [0.1, 0.15) is 11.4 Å². The van der Waals surface area contributed by atoms with Crippen molar-refractivity contribution in [2.24, 2.45) is 0 Å².